The Labute approximate surface area is 261 Å². The Hall–Kier alpha value is 2.50. The Kier molecular flexibility index (Phi) is 18.6. The van der Waals surface area contributed by atoms with Gasteiger partial charge in [0.15, 0.2) is 0 Å². The molecule has 11 nitrogen and oxygen atoms in total. The molecule has 35 heavy (non-hydrogen) atoms. The SMILES string of the molecule is [B][B][C@H]1C[C@@H](OP(=O)([O-])O[CH-][C@H]2O[C@@H]([B])C[C@H]2OP(=O)([O-])OCC(C)C)[C@@H](COC(C)C)O1.[Y].[Y]. The van der Waals surface area contributed by atoms with Crippen LogP contribution in [0.2, 0.25) is 0 Å². The molecule has 2 rings (SSSR count). The minimum Gasteiger partial charge on any atom is -0.758 e. The van der Waals surface area contributed by atoms with Crippen LogP contribution in [0.1, 0.15) is 40.5 Å². The van der Waals surface area contributed by atoms with Crippen molar-refractivity contribution in [1.29, 1.82) is 0 Å². The summed E-state index contributed by atoms with van der Waals surface area (Å²) in [4.78, 5) is 24.4. The van der Waals surface area contributed by atoms with E-state index >= 15 is 0 Å². The van der Waals surface area contributed by atoms with E-state index in [-0.39, 0.29) is 103 Å². The van der Waals surface area contributed by atoms with Crippen molar-refractivity contribution < 1.29 is 117 Å². The van der Waals surface area contributed by atoms with Crippen molar-refractivity contribution in [2.75, 3.05) is 13.2 Å². The standard InChI is InChI=1S/C17H31B3O11P2.2Y/c1-10(2)7-26-32(21,22)30-12-5-16(18)28-15(12)9-27-33(23,24)31-13-6-17(20-19)29-14(13)8-25-11(3)4;;/h9-17H,5-8H2,1-4H3,(H,21,22)(H,23,24);;/q-1;;/p-2/t12-,13-,14-,15-,16-,17-;;/m1../s1. The summed E-state index contributed by atoms with van der Waals surface area (Å²) in [6.45, 7) is 8.00. The first-order chi connectivity index (χ1) is 15.3. The van der Waals surface area contributed by atoms with Crippen molar-refractivity contribution in [1.82, 2.24) is 0 Å². The molecule has 2 aliphatic rings. The molecule has 7 radical (unpaired) electrons. The molecule has 8 atom stereocenters. The second-order valence-corrected chi connectivity index (χ2v) is 11.2. The van der Waals surface area contributed by atoms with Crippen molar-refractivity contribution in [2.45, 2.75) is 83.1 Å². The molecule has 2 saturated heterocycles. The number of hydrogen-bond donors (Lipinski definition) is 0. The molecule has 0 aromatic heterocycles. The zero-order chi connectivity index (χ0) is 24.8. The molecule has 0 bridgehead atoms. The van der Waals surface area contributed by atoms with Crippen molar-refractivity contribution in [2.24, 2.45) is 5.92 Å². The topological polar surface area (TPSA) is 145 Å². The van der Waals surface area contributed by atoms with E-state index in [9.17, 15) is 18.9 Å². The number of ether oxygens (including phenoxy) is 3. The quantitative estimate of drug-likeness (QED) is 0.140. The number of phosphoric ester groups is 2. The fourth-order valence-corrected chi connectivity index (χ4v) is 5.06. The Morgan fingerprint density at radius 2 is 1.69 bits per heavy atom. The van der Waals surface area contributed by atoms with E-state index in [2.05, 4.69) is 0 Å². The van der Waals surface area contributed by atoms with Gasteiger partial charge >= 0.3 is 0 Å². The average molecular weight is 682 g/mol. The van der Waals surface area contributed by atoms with Crippen LogP contribution in [0.15, 0.2) is 0 Å². The van der Waals surface area contributed by atoms with Crippen LogP contribution in [0.5, 0.6) is 0 Å². The third-order valence-corrected chi connectivity index (χ3v) is 6.52. The summed E-state index contributed by atoms with van der Waals surface area (Å²) in [5.74, 6) is -0.0436. The van der Waals surface area contributed by atoms with E-state index in [1.54, 1.807) is 13.8 Å². The molecule has 0 spiro atoms. The molecular weight excluding hydrogens is 652 g/mol. The molecule has 2 unspecified atom stereocenters. The van der Waals surface area contributed by atoms with Gasteiger partial charge in [-0.25, -0.2) is 0 Å². The van der Waals surface area contributed by atoms with E-state index in [0.717, 1.165) is 6.61 Å². The molecule has 0 amide bonds. The van der Waals surface area contributed by atoms with Crippen molar-refractivity contribution in [3.05, 3.63) is 6.61 Å². The van der Waals surface area contributed by atoms with Crippen LogP contribution < -0.4 is 9.79 Å². The van der Waals surface area contributed by atoms with Gasteiger partial charge in [0.2, 0.25) is 7.82 Å². The predicted molar refractivity (Wildman–Crippen MR) is 116 cm³/mol. The summed E-state index contributed by atoms with van der Waals surface area (Å²) in [6.07, 6.45) is -3.84. The van der Waals surface area contributed by atoms with Gasteiger partial charge in [0, 0.05) is 85.2 Å². The summed E-state index contributed by atoms with van der Waals surface area (Å²) < 4.78 is 60.7. The number of hydrogen-bond acceptors (Lipinski definition) is 11. The second-order valence-electron chi connectivity index (χ2n) is 8.51. The maximum Gasteiger partial charge on any atom is 0.268 e. The average Bonchev–Trinajstić information content (AvgIpc) is 3.24. The molecular formula is C17H29B3O11P2Y2-3. The van der Waals surface area contributed by atoms with Crippen LogP contribution in [0.3, 0.4) is 0 Å². The Morgan fingerprint density at radius 3 is 2.26 bits per heavy atom. The molecule has 191 valence electrons. The van der Waals surface area contributed by atoms with Crippen molar-refractivity contribution >= 4 is 38.4 Å². The first kappa shape index (κ1) is 37.5. The van der Waals surface area contributed by atoms with Gasteiger partial charge in [0.1, 0.15) is 14.0 Å². The van der Waals surface area contributed by atoms with Gasteiger partial charge in [-0.05, 0) is 38.7 Å². The Balaban J connectivity index is 0.00000578. The van der Waals surface area contributed by atoms with E-state index in [1.807, 2.05) is 13.8 Å². The van der Waals surface area contributed by atoms with Crippen LogP contribution in [0.4, 0.5) is 0 Å². The summed E-state index contributed by atoms with van der Waals surface area (Å²) in [5.41, 5.74) is 0. The molecule has 18 heteroatoms. The monoisotopic (exact) mass is 682 g/mol. The second kappa shape index (κ2) is 17.3. The van der Waals surface area contributed by atoms with Crippen molar-refractivity contribution in [3.63, 3.8) is 0 Å². The van der Waals surface area contributed by atoms with Gasteiger partial charge in [-0.3, -0.25) is 9.13 Å². The van der Waals surface area contributed by atoms with Crippen molar-refractivity contribution in [3.8, 4) is 0 Å². The molecule has 2 heterocycles. The normalized spacial score (nSPS) is 32.0. The summed E-state index contributed by atoms with van der Waals surface area (Å²) >= 11 is 0. The van der Waals surface area contributed by atoms with Crippen LogP contribution in [-0.4, -0.2) is 78.5 Å². The molecule has 2 fully saturated rings. The first-order valence-electron chi connectivity index (χ1n) is 10.7. The maximum atomic E-state index is 12.4. The van der Waals surface area contributed by atoms with Crippen LogP contribution in [-0.2, 0) is 107 Å². The number of rotatable bonds is 14. The summed E-state index contributed by atoms with van der Waals surface area (Å²) in [7, 11) is 2.94. The van der Waals surface area contributed by atoms with Gasteiger partial charge in [-0.15, -0.1) is 0 Å². The van der Waals surface area contributed by atoms with E-state index < -0.39 is 52.1 Å². The zero-order valence-electron chi connectivity index (χ0n) is 20.3. The van der Waals surface area contributed by atoms with Gasteiger partial charge in [-0.2, -0.15) is 6.61 Å². The molecule has 0 N–H and O–H groups in total. The maximum absolute atomic E-state index is 12.4. The van der Waals surface area contributed by atoms with Crippen LogP contribution in [0.25, 0.3) is 0 Å². The van der Waals surface area contributed by atoms with Gasteiger partial charge in [0.05, 0.1) is 38.7 Å². The molecule has 0 aromatic carbocycles. The Bertz CT molecular complexity index is 712. The summed E-state index contributed by atoms with van der Waals surface area (Å²) in [5, 5.41) is 0. The van der Waals surface area contributed by atoms with E-state index in [1.165, 1.54) is 7.17 Å². The minimum absolute atomic E-state index is 0. The molecule has 2 aliphatic heterocycles. The third kappa shape index (κ3) is 14.1. The molecule has 0 aromatic rings. The smallest absolute Gasteiger partial charge is 0.268 e. The number of phosphoric acid groups is 2. The largest absolute Gasteiger partial charge is 0.758 e. The van der Waals surface area contributed by atoms with E-state index in [4.69, 9.17) is 47.9 Å². The predicted octanol–water partition coefficient (Wildman–Crippen LogP) is 0.151. The van der Waals surface area contributed by atoms with Gasteiger partial charge in [0.25, 0.3) is 7.82 Å². The van der Waals surface area contributed by atoms with Crippen LogP contribution >= 0.6 is 15.6 Å². The van der Waals surface area contributed by atoms with Crippen LogP contribution in [0, 0.1) is 12.5 Å². The van der Waals surface area contributed by atoms with Gasteiger partial charge in [-0.1, -0.05) is 13.8 Å². The zero-order valence-corrected chi connectivity index (χ0v) is 27.8. The first-order valence-corrected chi connectivity index (χ1v) is 13.6. The third-order valence-electron chi connectivity index (χ3n) is 4.62. The van der Waals surface area contributed by atoms with E-state index in [0.29, 0.717) is 0 Å². The Morgan fingerprint density at radius 1 is 1.06 bits per heavy atom. The minimum atomic E-state index is -4.89. The summed E-state index contributed by atoms with van der Waals surface area (Å²) in [6, 6.07) is -1.40. The molecule has 0 aliphatic carbocycles. The fraction of sp³-hybridized carbons (Fsp3) is 0.941. The fourth-order valence-electron chi connectivity index (χ4n) is 3.11. The molecule has 0 saturated carbocycles. The van der Waals surface area contributed by atoms with Gasteiger partial charge < -0.3 is 42.1 Å².